The number of esters is 1. The molecule has 82 valence electrons. The summed E-state index contributed by atoms with van der Waals surface area (Å²) in [7, 11) is 1.25. The normalized spacial score (nSPS) is 9.67. The van der Waals surface area contributed by atoms with Gasteiger partial charge in [0, 0.05) is 13.1 Å². The maximum atomic E-state index is 11.1. The van der Waals surface area contributed by atoms with Gasteiger partial charge in [0.1, 0.15) is 6.33 Å². The van der Waals surface area contributed by atoms with Crippen LogP contribution in [0.25, 0.3) is 0 Å². The number of primary amides is 1. The number of amides is 2. The lowest BCUT2D eigenvalue weighted by Crippen LogP contribution is -2.32. The van der Waals surface area contributed by atoms with Crippen molar-refractivity contribution in [3.05, 3.63) is 12.2 Å². The summed E-state index contributed by atoms with van der Waals surface area (Å²) in [6, 6.07) is -0.623. The highest BCUT2D eigenvalue weighted by molar-refractivity contribution is 5.85. The monoisotopic (exact) mass is 213 g/mol. The van der Waals surface area contributed by atoms with Crippen LogP contribution in [0.4, 0.5) is 4.79 Å². The Bertz CT molecular complexity index is 361. The van der Waals surface area contributed by atoms with E-state index in [9.17, 15) is 9.59 Å². The second kappa shape index (κ2) is 4.94. The molecule has 3 N–H and O–H groups in total. The molecule has 0 saturated carbocycles. The van der Waals surface area contributed by atoms with Crippen LogP contribution in [0.2, 0.25) is 0 Å². The van der Waals surface area contributed by atoms with Crippen LogP contribution in [0, 0.1) is 0 Å². The number of nitrogens with two attached hydrogens (primary N) is 1. The second-order valence-corrected chi connectivity index (χ2v) is 2.63. The number of rotatable bonds is 4. The molecule has 1 aromatic heterocycles. The van der Waals surface area contributed by atoms with Crippen LogP contribution in [0.15, 0.2) is 6.33 Å². The molecule has 0 aliphatic carbocycles. The van der Waals surface area contributed by atoms with Crippen LogP contribution in [0.3, 0.4) is 0 Å². The van der Waals surface area contributed by atoms with E-state index in [0.29, 0.717) is 6.54 Å². The third-order valence-electron chi connectivity index (χ3n) is 1.64. The fraction of sp³-hybridized carbons (Fsp3) is 0.429. The quantitative estimate of drug-likeness (QED) is 0.606. The van der Waals surface area contributed by atoms with Gasteiger partial charge in [0.2, 0.25) is 5.82 Å². The molecule has 0 atom stereocenters. The predicted octanol–water partition coefficient (Wildman–Crippen LogP) is -1.27. The number of urea groups is 1. The van der Waals surface area contributed by atoms with Gasteiger partial charge in [0.15, 0.2) is 0 Å². The lowest BCUT2D eigenvalue weighted by molar-refractivity contribution is 0.0580. The molecule has 0 spiro atoms. The summed E-state index contributed by atoms with van der Waals surface area (Å²) in [6.45, 7) is 0.637. The van der Waals surface area contributed by atoms with Gasteiger partial charge in [-0.2, -0.15) is 0 Å². The van der Waals surface area contributed by atoms with E-state index in [4.69, 9.17) is 5.73 Å². The Labute approximate surface area is 85.4 Å². The van der Waals surface area contributed by atoms with Crippen molar-refractivity contribution >= 4 is 12.0 Å². The highest BCUT2D eigenvalue weighted by Gasteiger charge is 2.13. The molecule has 0 unspecified atom stereocenters. The van der Waals surface area contributed by atoms with Crippen molar-refractivity contribution in [2.45, 2.75) is 6.54 Å². The first-order valence-electron chi connectivity index (χ1n) is 4.14. The second-order valence-electron chi connectivity index (χ2n) is 2.63. The SMILES string of the molecule is COC(=O)c1nncn1CCNC(N)=O. The first-order valence-corrected chi connectivity index (χ1v) is 4.14. The molecule has 1 aromatic rings. The van der Waals surface area contributed by atoms with Gasteiger partial charge in [-0.3, -0.25) is 0 Å². The summed E-state index contributed by atoms with van der Waals surface area (Å²) in [5, 5.41) is 9.51. The minimum absolute atomic E-state index is 0.0868. The molecule has 8 heteroatoms. The molecule has 0 aliphatic heterocycles. The number of nitrogens with one attached hydrogen (secondary N) is 1. The van der Waals surface area contributed by atoms with E-state index in [2.05, 4.69) is 20.3 Å². The van der Waals surface area contributed by atoms with Gasteiger partial charge in [-0.15, -0.1) is 10.2 Å². The van der Waals surface area contributed by atoms with Crippen molar-refractivity contribution in [3.8, 4) is 0 Å². The van der Waals surface area contributed by atoms with Crippen LogP contribution in [-0.4, -0.2) is 40.4 Å². The molecular formula is C7H11N5O3. The van der Waals surface area contributed by atoms with E-state index < -0.39 is 12.0 Å². The van der Waals surface area contributed by atoms with Gasteiger partial charge in [0.25, 0.3) is 0 Å². The molecule has 1 heterocycles. The largest absolute Gasteiger partial charge is 0.463 e. The van der Waals surface area contributed by atoms with Gasteiger partial charge >= 0.3 is 12.0 Å². The van der Waals surface area contributed by atoms with Gasteiger partial charge < -0.3 is 20.4 Å². The van der Waals surface area contributed by atoms with Crippen molar-refractivity contribution in [1.29, 1.82) is 0 Å². The molecule has 0 aromatic carbocycles. The average Bonchev–Trinajstić information content (AvgIpc) is 2.64. The first kappa shape index (κ1) is 11.0. The number of methoxy groups -OCH3 is 1. The fourth-order valence-corrected chi connectivity index (χ4v) is 0.968. The van der Waals surface area contributed by atoms with E-state index >= 15 is 0 Å². The summed E-state index contributed by atoms with van der Waals surface area (Å²) >= 11 is 0. The Kier molecular flexibility index (Phi) is 3.61. The molecule has 0 saturated heterocycles. The average molecular weight is 213 g/mol. The molecule has 0 bridgehead atoms. The standard InChI is InChI=1S/C7H11N5O3/c1-15-6(13)5-11-10-4-12(5)3-2-9-7(8)14/h4H,2-3H2,1H3,(H3,8,9,14). The predicted molar refractivity (Wildman–Crippen MR) is 48.9 cm³/mol. The van der Waals surface area contributed by atoms with Crippen molar-refractivity contribution in [3.63, 3.8) is 0 Å². The fourth-order valence-electron chi connectivity index (χ4n) is 0.968. The number of hydrogen-bond acceptors (Lipinski definition) is 5. The van der Waals surface area contributed by atoms with Gasteiger partial charge in [-0.05, 0) is 0 Å². The van der Waals surface area contributed by atoms with Crippen LogP contribution >= 0.6 is 0 Å². The maximum absolute atomic E-state index is 11.1. The number of nitrogens with zero attached hydrogens (tertiary/aromatic N) is 3. The van der Waals surface area contributed by atoms with Crippen molar-refractivity contribution in [2.24, 2.45) is 5.73 Å². The zero-order chi connectivity index (χ0) is 11.3. The number of ether oxygens (including phenoxy) is 1. The van der Waals surface area contributed by atoms with Crippen molar-refractivity contribution in [1.82, 2.24) is 20.1 Å². The van der Waals surface area contributed by atoms with Crippen molar-refractivity contribution in [2.75, 3.05) is 13.7 Å². The Hall–Kier alpha value is -2.12. The zero-order valence-corrected chi connectivity index (χ0v) is 8.14. The maximum Gasteiger partial charge on any atom is 0.376 e. The molecule has 8 nitrogen and oxygen atoms in total. The molecule has 2 amide bonds. The molecule has 0 aliphatic rings. The van der Waals surface area contributed by atoms with E-state index in [1.54, 1.807) is 0 Å². The molecule has 0 radical (unpaired) electrons. The Morgan fingerprint density at radius 1 is 1.67 bits per heavy atom. The first-order chi connectivity index (χ1) is 7.15. The minimum atomic E-state index is -0.623. The zero-order valence-electron chi connectivity index (χ0n) is 8.14. The van der Waals surface area contributed by atoms with Gasteiger partial charge in [-0.1, -0.05) is 0 Å². The van der Waals surface area contributed by atoms with E-state index in [1.807, 2.05) is 0 Å². The Morgan fingerprint density at radius 2 is 2.40 bits per heavy atom. The number of hydrogen-bond donors (Lipinski definition) is 2. The Balaban J connectivity index is 2.57. The molecule has 15 heavy (non-hydrogen) atoms. The third kappa shape index (κ3) is 2.93. The van der Waals surface area contributed by atoms with Crippen LogP contribution < -0.4 is 11.1 Å². The van der Waals surface area contributed by atoms with Gasteiger partial charge in [0.05, 0.1) is 7.11 Å². The van der Waals surface area contributed by atoms with E-state index in [1.165, 1.54) is 18.0 Å². The number of aromatic nitrogens is 3. The summed E-state index contributed by atoms with van der Waals surface area (Å²) in [5.41, 5.74) is 4.87. The highest BCUT2D eigenvalue weighted by Crippen LogP contribution is 1.96. The minimum Gasteiger partial charge on any atom is -0.463 e. The lowest BCUT2D eigenvalue weighted by Gasteiger charge is -2.04. The summed E-state index contributed by atoms with van der Waals surface area (Å²) < 4.78 is 5.95. The van der Waals surface area contributed by atoms with Crippen LogP contribution in [0.5, 0.6) is 0 Å². The van der Waals surface area contributed by atoms with Crippen molar-refractivity contribution < 1.29 is 14.3 Å². The highest BCUT2D eigenvalue weighted by atomic mass is 16.5. The topological polar surface area (TPSA) is 112 Å². The van der Waals surface area contributed by atoms with Crippen LogP contribution in [0.1, 0.15) is 10.6 Å². The lowest BCUT2D eigenvalue weighted by atomic mass is 10.5. The third-order valence-corrected chi connectivity index (χ3v) is 1.64. The van der Waals surface area contributed by atoms with E-state index in [-0.39, 0.29) is 12.4 Å². The molecule has 1 rings (SSSR count). The Morgan fingerprint density at radius 3 is 3.00 bits per heavy atom. The summed E-state index contributed by atoms with van der Waals surface area (Å²) in [6.07, 6.45) is 1.37. The van der Waals surface area contributed by atoms with Gasteiger partial charge in [-0.25, -0.2) is 9.59 Å². The molecular weight excluding hydrogens is 202 g/mol. The summed E-state index contributed by atoms with van der Waals surface area (Å²) in [5.74, 6) is -0.490. The summed E-state index contributed by atoms with van der Waals surface area (Å²) in [4.78, 5) is 21.5. The van der Waals surface area contributed by atoms with Crippen LogP contribution in [-0.2, 0) is 11.3 Å². The number of carbonyl (C=O) groups is 2. The van der Waals surface area contributed by atoms with E-state index in [0.717, 1.165) is 0 Å². The molecule has 0 fully saturated rings. The smallest absolute Gasteiger partial charge is 0.376 e. The number of carbonyl (C=O) groups excluding carboxylic acids is 2.